The topological polar surface area (TPSA) is 224 Å². The van der Waals surface area contributed by atoms with E-state index in [1.54, 1.807) is 13.8 Å². The maximum Gasteiger partial charge on any atom is 0.513 e. The summed E-state index contributed by atoms with van der Waals surface area (Å²) in [6.45, 7) is 3.38. The van der Waals surface area contributed by atoms with Gasteiger partial charge in [0.15, 0.2) is 11.3 Å². The molecule has 6 rings (SSSR count). The number of thioether (sulfide) groups is 1. The minimum absolute atomic E-state index is 0.121. The molecule has 264 valence electrons. The predicted octanol–water partition coefficient (Wildman–Crippen LogP) is 2.55. The minimum atomic E-state index is -1.43. The smallest absolute Gasteiger partial charge is 0.508 e. The number of fused-ring (bicyclic) bond motifs is 2. The molecule has 3 aromatic carbocycles. The number of aliphatic carboxylic acids is 1. The van der Waals surface area contributed by atoms with Crippen LogP contribution >= 0.6 is 23.4 Å². The van der Waals surface area contributed by atoms with Crippen molar-refractivity contribution in [3.63, 3.8) is 0 Å². The van der Waals surface area contributed by atoms with E-state index < -0.39 is 69.4 Å². The number of aromatic nitrogens is 1. The van der Waals surface area contributed by atoms with Crippen molar-refractivity contribution in [2.45, 2.75) is 42.1 Å². The van der Waals surface area contributed by atoms with Crippen LogP contribution in [0.25, 0.3) is 16.7 Å². The van der Waals surface area contributed by atoms with Gasteiger partial charge < -0.3 is 39.6 Å². The molecule has 0 aliphatic carbocycles. The normalized spacial score (nSPS) is 19.4. The SMILES string of the molecule is COC(=O)Oc1cccc2c(=O)n(-c3cc(C(=O)NC(C(=O)NC4C(=O)N5C4SC(C)(C)C5C(=O)O)c4ccc(O)cc4)ccc3Cl)c(=O)oc12. The third-order valence-electron chi connectivity index (χ3n) is 8.33. The average Bonchev–Trinajstić information content (AvgIpc) is 3.35. The Balaban J connectivity index is 1.30. The van der Waals surface area contributed by atoms with Crippen molar-refractivity contribution in [1.82, 2.24) is 20.1 Å². The first-order chi connectivity index (χ1) is 24.1. The van der Waals surface area contributed by atoms with Gasteiger partial charge in [-0.1, -0.05) is 29.8 Å². The number of benzene rings is 3. The van der Waals surface area contributed by atoms with Crippen molar-refractivity contribution in [3.05, 3.63) is 97.7 Å². The van der Waals surface area contributed by atoms with Crippen LogP contribution in [0.2, 0.25) is 5.02 Å². The van der Waals surface area contributed by atoms with E-state index in [1.807, 2.05) is 0 Å². The van der Waals surface area contributed by atoms with Crippen LogP contribution in [-0.4, -0.2) is 78.8 Å². The average molecular weight is 739 g/mol. The lowest BCUT2D eigenvalue weighted by molar-refractivity contribution is -0.161. The fourth-order valence-corrected chi connectivity index (χ4v) is 7.76. The van der Waals surface area contributed by atoms with Crippen LogP contribution in [0, 0.1) is 0 Å². The molecule has 2 aliphatic rings. The van der Waals surface area contributed by atoms with E-state index in [4.69, 9.17) is 20.8 Å². The number of aromatic hydroxyl groups is 1. The van der Waals surface area contributed by atoms with E-state index in [0.29, 0.717) is 4.57 Å². The molecule has 3 heterocycles. The van der Waals surface area contributed by atoms with Gasteiger partial charge in [0.2, 0.25) is 11.8 Å². The number of para-hydroxylation sites is 1. The number of amides is 3. The second-order valence-electron chi connectivity index (χ2n) is 11.9. The number of carbonyl (C=O) groups is 5. The lowest BCUT2D eigenvalue weighted by Crippen LogP contribution is -2.71. The first-order valence-electron chi connectivity index (χ1n) is 15.0. The molecule has 4 unspecified atom stereocenters. The predicted molar refractivity (Wildman–Crippen MR) is 180 cm³/mol. The number of hydrogen-bond acceptors (Lipinski definition) is 12. The number of methoxy groups -OCH3 is 1. The zero-order valence-electron chi connectivity index (χ0n) is 26.7. The summed E-state index contributed by atoms with van der Waals surface area (Å²) >= 11 is 7.61. The monoisotopic (exact) mass is 738 g/mol. The molecule has 4 aromatic rings. The largest absolute Gasteiger partial charge is 0.513 e. The number of nitrogens with zero attached hydrogens (tertiary/aromatic N) is 2. The number of ether oxygens (including phenoxy) is 2. The zero-order chi connectivity index (χ0) is 36.9. The van der Waals surface area contributed by atoms with Gasteiger partial charge in [0.1, 0.15) is 29.2 Å². The van der Waals surface area contributed by atoms with Crippen molar-refractivity contribution in [2.75, 3.05) is 7.11 Å². The Morgan fingerprint density at radius 1 is 1.04 bits per heavy atom. The molecule has 3 amide bonds. The molecule has 2 saturated heterocycles. The van der Waals surface area contributed by atoms with Gasteiger partial charge in [-0.25, -0.2) is 19.0 Å². The van der Waals surface area contributed by atoms with Crippen LogP contribution in [-0.2, 0) is 19.1 Å². The molecule has 4 N–H and O–H groups in total. The van der Waals surface area contributed by atoms with Gasteiger partial charge in [-0.05, 0) is 61.9 Å². The van der Waals surface area contributed by atoms with Crippen molar-refractivity contribution < 1.29 is 48.1 Å². The molecule has 2 aliphatic heterocycles. The lowest BCUT2D eigenvalue weighted by atomic mass is 9.95. The number of halogens is 1. The maximum absolute atomic E-state index is 13.7. The Bertz CT molecular complexity index is 2250. The highest BCUT2D eigenvalue weighted by Gasteiger charge is 2.64. The number of carboxylic acids is 1. The molecule has 0 saturated carbocycles. The molecule has 0 bridgehead atoms. The number of nitrogens with one attached hydrogen (secondary N) is 2. The van der Waals surface area contributed by atoms with Crippen LogP contribution in [0.3, 0.4) is 0 Å². The van der Waals surface area contributed by atoms with Gasteiger partial charge in [-0.2, -0.15) is 0 Å². The Morgan fingerprint density at radius 3 is 2.41 bits per heavy atom. The molecule has 18 heteroatoms. The highest BCUT2D eigenvalue weighted by atomic mass is 35.5. The van der Waals surface area contributed by atoms with Crippen molar-refractivity contribution in [3.8, 4) is 17.2 Å². The first-order valence-corrected chi connectivity index (χ1v) is 16.3. The number of phenols is 1. The summed E-state index contributed by atoms with van der Waals surface area (Å²) in [5.74, 6) is -5.05. The van der Waals surface area contributed by atoms with Crippen LogP contribution in [0.1, 0.15) is 35.8 Å². The van der Waals surface area contributed by atoms with Crippen LogP contribution in [0.4, 0.5) is 4.79 Å². The van der Waals surface area contributed by atoms with E-state index >= 15 is 0 Å². The van der Waals surface area contributed by atoms with Gasteiger partial charge in [-0.15, -0.1) is 11.8 Å². The molecule has 4 atom stereocenters. The van der Waals surface area contributed by atoms with Gasteiger partial charge in [-0.3, -0.25) is 19.2 Å². The molecular weight excluding hydrogens is 712 g/mol. The van der Waals surface area contributed by atoms with Crippen LogP contribution in [0.5, 0.6) is 11.5 Å². The summed E-state index contributed by atoms with van der Waals surface area (Å²) in [7, 11) is 1.07. The first kappa shape index (κ1) is 35.0. The number of rotatable bonds is 8. The number of carbonyl (C=O) groups excluding carboxylic acids is 4. The Labute approximate surface area is 295 Å². The van der Waals surface area contributed by atoms with Crippen LogP contribution < -0.4 is 26.7 Å². The summed E-state index contributed by atoms with van der Waals surface area (Å²) < 4.78 is 14.5. The molecule has 1 aromatic heterocycles. The molecule has 0 spiro atoms. The maximum atomic E-state index is 13.7. The van der Waals surface area contributed by atoms with Gasteiger partial charge in [0.05, 0.1) is 23.2 Å². The zero-order valence-corrected chi connectivity index (χ0v) is 28.3. The fourth-order valence-electron chi connectivity index (χ4n) is 5.93. The summed E-state index contributed by atoms with van der Waals surface area (Å²) in [6.07, 6.45) is -1.12. The highest BCUT2D eigenvalue weighted by Crippen LogP contribution is 2.50. The molecule has 16 nitrogen and oxygen atoms in total. The Morgan fingerprint density at radius 2 is 1.75 bits per heavy atom. The second-order valence-corrected chi connectivity index (χ2v) is 14.1. The molecule has 0 radical (unpaired) electrons. The highest BCUT2D eigenvalue weighted by molar-refractivity contribution is 8.01. The van der Waals surface area contributed by atoms with E-state index in [0.717, 1.165) is 13.2 Å². The summed E-state index contributed by atoms with van der Waals surface area (Å²) in [6, 6.07) is 9.33. The van der Waals surface area contributed by atoms with Gasteiger partial charge in [0.25, 0.3) is 11.5 Å². The summed E-state index contributed by atoms with van der Waals surface area (Å²) in [5, 5.41) is 23.8. The number of phenolic OH excluding ortho intramolecular Hbond substituents is 1. The third kappa shape index (κ3) is 6.25. The summed E-state index contributed by atoms with van der Waals surface area (Å²) in [5.41, 5.74) is -1.44. The Kier molecular flexibility index (Phi) is 9.03. The van der Waals surface area contributed by atoms with Crippen molar-refractivity contribution in [1.29, 1.82) is 0 Å². The summed E-state index contributed by atoms with van der Waals surface area (Å²) in [4.78, 5) is 92.0. The van der Waals surface area contributed by atoms with E-state index in [-0.39, 0.29) is 44.3 Å². The quantitative estimate of drug-likeness (QED) is 0.116. The van der Waals surface area contributed by atoms with E-state index in [2.05, 4.69) is 15.4 Å². The van der Waals surface area contributed by atoms with Crippen molar-refractivity contribution >= 4 is 64.2 Å². The molecule has 51 heavy (non-hydrogen) atoms. The number of carboxylic acid groups (broad SMARTS) is 1. The van der Waals surface area contributed by atoms with Crippen molar-refractivity contribution in [2.24, 2.45) is 0 Å². The second kappa shape index (κ2) is 13.1. The van der Waals surface area contributed by atoms with Gasteiger partial charge in [0, 0.05) is 10.3 Å². The minimum Gasteiger partial charge on any atom is -0.508 e. The van der Waals surface area contributed by atoms with Crippen LogP contribution in [0.15, 0.2) is 74.7 Å². The lowest BCUT2D eigenvalue weighted by Gasteiger charge is -2.44. The van der Waals surface area contributed by atoms with E-state index in [1.165, 1.54) is 71.3 Å². The fraction of sp³-hybridized carbons (Fsp3) is 0.242. The standard InChI is InChI=1S/C33H27ClN4O12S/c1-33(2)24(30(44)45)38-28(43)22(29(38)51-33)36-26(41)21(14-7-10-16(39)11-8-14)35-25(40)15-9-12-18(34)19(13-15)37-27(42)17-5-4-6-20(49-32(47)48-3)23(17)50-31(37)46/h4-13,21-22,24,29,39H,1-3H3,(H,35,40)(H,36,41)(H,44,45). The van der Waals surface area contributed by atoms with Gasteiger partial charge >= 0.3 is 17.9 Å². The Hall–Kier alpha value is -5.81. The molecular formula is C33H27ClN4O12S. The number of β-lactam (4-membered cyclic amide) rings is 1. The number of hydrogen-bond donors (Lipinski definition) is 4. The molecule has 2 fully saturated rings. The third-order valence-corrected chi connectivity index (χ3v) is 10.2. The van der Waals surface area contributed by atoms with E-state index in [9.17, 15) is 43.8 Å².